The van der Waals surface area contributed by atoms with E-state index in [0.29, 0.717) is 6.04 Å². The predicted octanol–water partition coefficient (Wildman–Crippen LogP) is 2.95. The Morgan fingerprint density at radius 3 is 2.38 bits per heavy atom. The van der Waals surface area contributed by atoms with Gasteiger partial charge in [0.2, 0.25) is 0 Å². The first-order chi connectivity index (χ1) is 6.24. The molecule has 0 amide bonds. The topological polar surface area (TPSA) is 26.0 Å². The molecule has 0 heterocycles. The van der Waals surface area contributed by atoms with Crippen molar-refractivity contribution >= 4 is 22.0 Å². The van der Waals surface area contributed by atoms with E-state index in [2.05, 4.69) is 46.3 Å². The molecule has 0 bridgehead atoms. The van der Waals surface area contributed by atoms with Gasteiger partial charge in [0.25, 0.3) is 0 Å². The van der Waals surface area contributed by atoms with Crippen molar-refractivity contribution in [1.82, 2.24) is 0 Å². The van der Waals surface area contributed by atoms with Gasteiger partial charge >= 0.3 is 0 Å². The molecule has 0 atom stereocenters. The van der Waals surface area contributed by atoms with Crippen molar-refractivity contribution in [3.63, 3.8) is 0 Å². The molecule has 1 aromatic carbocycles. The molecule has 0 aliphatic heterocycles. The highest BCUT2D eigenvalue weighted by molar-refractivity contribution is 9.10. The third-order valence-corrected chi connectivity index (χ3v) is 2.82. The Kier molecular flexibility index (Phi) is 2.51. The van der Waals surface area contributed by atoms with Crippen molar-refractivity contribution in [3.05, 3.63) is 39.9 Å². The second-order valence-electron chi connectivity index (χ2n) is 3.52. The molecule has 0 spiro atoms. The van der Waals surface area contributed by atoms with Crippen LogP contribution >= 0.6 is 15.9 Å². The molecule has 1 aliphatic carbocycles. The summed E-state index contributed by atoms with van der Waals surface area (Å²) in [7, 11) is 0. The van der Waals surface area contributed by atoms with Crippen LogP contribution in [0.4, 0.5) is 0 Å². The van der Waals surface area contributed by atoms with Gasteiger partial charge in [0.1, 0.15) is 0 Å². The molecule has 0 unspecified atom stereocenters. The molecule has 0 aromatic heterocycles. The largest absolute Gasteiger partial charge is 0.327 e. The molecule has 0 radical (unpaired) electrons. The number of nitrogens with two attached hydrogens (primary N) is 1. The average molecular weight is 238 g/mol. The van der Waals surface area contributed by atoms with Crippen LogP contribution in [0.2, 0.25) is 0 Å². The highest BCUT2D eigenvalue weighted by Crippen LogP contribution is 2.27. The monoisotopic (exact) mass is 237 g/mol. The molecular formula is C11H12BrN. The number of hydrogen-bond donors (Lipinski definition) is 1. The number of hydrogen-bond acceptors (Lipinski definition) is 1. The predicted molar refractivity (Wildman–Crippen MR) is 59.3 cm³/mol. The number of benzene rings is 1. The minimum Gasteiger partial charge on any atom is -0.327 e. The minimum absolute atomic E-state index is 0.404. The lowest BCUT2D eigenvalue weighted by molar-refractivity contribution is 0.547. The van der Waals surface area contributed by atoms with E-state index in [9.17, 15) is 0 Å². The third kappa shape index (κ3) is 2.20. The van der Waals surface area contributed by atoms with E-state index in [1.54, 1.807) is 0 Å². The van der Waals surface area contributed by atoms with Crippen molar-refractivity contribution in [3.8, 4) is 0 Å². The summed E-state index contributed by atoms with van der Waals surface area (Å²) in [5.74, 6) is 0. The highest BCUT2D eigenvalue weighted by Gasteiger charge is 2.17. The van der Waals surface area contributed by atoms with Gasteiger partial charge in [-0.25, -0.2) is 0 Å². The van der Waals surface area contributed by atoms with Crippen LogP contribution in [0.15, 0.2) is 34.3 Å². The number of halogens is 1. The zero-order valence-corrected chi connectivity index (χ0v) is 8.92. The van der Waals surface area contributed by atoms with Crippen LogP contribution in [0.5, 0.6) is 0 Å². The van der Waals surface area contributed by atoms with Gasteiger partial charge < -0.3 is 5.73 Å². The lowest BCUT2D eigenvalue weighted by Gasteiger charge is -2.25. The van der Waals surface area contributed by atoms with Gasteiger partial charge in [-0.05, 0) is 30.5 Å². The summed E-state index contributed by atoms with van der Waals surface area (Å²) in [5, 5.41) is 0. The maximum Gasteiger partial charge on any atom is 0.0175 e. The summed E-state index contributed by atoms with van der Waals surface area (Å²) in [4.78, 5) is 0. The van der Waals surface area contributed by atoms with E-state index < -0.39 is 0 Å². The second kappa shape index (κ2) is 3.64. The van der Waals surface area contributed by atoms with Gasteiger partial charge in [0, 0.05) is 10.5 Å². The zero-order chi connectivity index (χ0) is 9.26. The SMILES string of the molecule is NC1CC(=Cc2ccc(Br)cc2)C1. The van der Waals surface area contributed by atoms with Crippen LogP contribution in [0.1, 0.15) is 18.4 Å². The molecule has 2 N–H and O–H groups in total. The standard InChI is InChI=1S/C11H12BrN/c12-10-3-1-8(2-4-10)5-9-6-11(13)7-9/h1-5,11H,6-7,13H2. The van der Waals surface area contributed by atoms with Gasteiger partial charge in [-0.2, -0.15) is 0 Å². The van der Waals surface area contributed by atoms with Crippen LogP contribution in [-0.4, -0.2) is 6.04 Å². The first-order valence-corrected chi connectivity index (χ1v) is 5.24. The summed E-state index contributed by atoms with van der Waals surface area (Å²) in [5.41, 5.74) is 8.43. The molecule has 0 saturated heterocycles. The first kappa shape index (κ1) is 8.97. The van der Waals surface area contributed by atoms with Crippen molar-refractivity contribution in [2.75, 3.05) is 0 Å². The maximum absolute atomic E-state index is 5.70. The Morgan fingerprint density at radius 2 is 1.85 bits per heavy atom. The Hall–Kier alpha value is -0.600. The Labute approximate surface area is 86.8 Å². The second-order valence-corrected chi connectivity index (χ2v) is 4.44. The molecule has 2 heteroatoms. The number of rotatable bonds is 1. The summed E-state index contributed by atoms with van der Waals surface area (Å²) >= 11 is 3.41. The van der Waals surface area contributed by atoms with E-state index >= 15 is 0 Å². The summed E-state index contributed by atoms with van der Waals surface area (Å²) in [6.45, 7) is 0. The summed E-state index contributed by atoms with van der Waals surface area (Å²) in [6, 6.07) is 8.75. The molecule has 1 nitrogen and oxygen atoms in total. The van der Waals surface area contributed by atoms with Gasteiger partial charge in [-0.1, -0.05) is 39.7 Å². The Morgan fingerprint density at radius 1 is 1.23 bits per heavy atom. The molecule has 1 aliphatic rings. The van der Waals surface area contributed by atoms with Gasteiger partial charge in [0.15, 0.2) is 0 Å². The molecule has 2 rings (SSSR count). The minimum atomic E-state index is 0.404. The Bertz CT molecular complexity index is 318. The van der Waals surface area contributed by atoms with E-state index in [-0.39, 0.29) is 0 Å². The van der Waals surface area contributed by atoms with Gasteiger partial charge in [-0.3, -0.25) is 0 Å². The lowest BCUT2D eigenvalue weighted by Crippen LogP contribution is -2.29. The third-order valence-electron chi connectivity index (χ3n) is 2.29. The van der Waals surface area contributed by atoms with E-state index in [4.69, 9.17) is 5.73 Å². The zero-order valence-electron chi connectivity index (χ0n) is 7.33. The average Bonchev–Trinajstić information content (AvgIpc) is 2.06. The van der Waals surface area contributed by atoms with Crippen molar-refractivity contribution in [2.24, 2.45) is 5.73 Å². The quantitative estimate of drug-likeness (QED) is 0.799. The summed E-state index contributed by atoms with van der Waals surface area (Å²) < 4.78 is 1.12. The fraction of sp³-hybridized carbons (Fsp3) is 0.273. The molecule has 68 valence electrons. The van der Waals surface area contributed by atoms with Crippen LogP contribution in [-0.2, 0) is 0 Å². The fourth-order valence-electron chi connectivity index (χ4n) is 1.53. The summed E-state index contributed by atoms with van der Waals surface area (Å²) in [6.07, 6.45) is 4.36. The fourth-order valence-corrected chi connectivity index (χ4v) is 1.79. The van der Waals surface area contributed by atoms with E-state index in [1.165, 1.54) is 11.1 Å². The normalized spacial score (nSPS) is 21.1. The maximum atomic E-state index is 5.70. The molecule has 1 saturated carbocycles. The highest BCUT2D eigenvalue weighted by atomic mass is 79.9. The smallest absolute Gasteiger partial charge is 0.0175 e. The van der Waals surface area contributed by atoms with Crippen LogP contribution in [0.25, 0.3) is 6.08 Å². The molecule has 1 aromatic rings. The first-order valence-electron chi connectivity index (χ1n) is 4.44. The molecule has 13 heavy (non-hydrogen) atoms. The van der Waals surface area contributed by atoms with Crippen LogP contribution < -0.4 is 5.73 Å². The van der Waals surface area contributed by atoms with E-state index in [0.717, 1.165) is 17.3 Å². The van der Waals surface area contributed by atoms with E-state index in [1.807, 2.05) is 0 Å². The van der Waals surface area contributed by atoms with Crippen molar-refractivity contribution in [2.45, 2.75) is 18.9 Å². The van der Waals surface area contributed by atoms with Crippen LogP contribution in [0.3, 0.4) is 0 Å². The van der Waals surface area contributed by atoms with Crippen molar-refractivity contribution in [1.29, 1.82) is 0 Å². The molecule has 1 fully saturated rings. The van der Waals surface area contributed by atoms with Gasteiger partial charge in [0.05, 0.1) is 0 Å². The lowest BCUT2D eigenvalue weighted by atomic mass is 9.86. The molecular weight excluding hydrogens is 226 g/mol. The van der Waals surface area contributed by atoms with Crippen LogP contribution in [0, 0.1) is 0 Å². The van der Waals surface area contributed by atoms with Gasteiger partial charge in [-0.15, -0.1) is 0 Å². The van der Waals surface area contributed by atoms with Crippen molar-refractivity contribution < 1.29 is 0 Å². The Balaban J connectivity index is 2.10.